The number of amides is 4. The zero-order chi connectivity index (χ0) is 53.0. The van der Waals surface area contributed by atoms with Gasteiger partial charge in [-0.2, -0.15) is 10.2 Å². The van der Waals surface area contributed by atoms with E-state index < -0.39 is 22.4 Å². The summed E-state index contributed by atoms with van der Waals surface area (Å²) in [5.74, 6) is 1.27. The lowest BCUT2D eigenvalue weighted by molar-refractivity contribution is -0.138. The number of nitrogens with one attached hydrogen (secondary N) is 4. The number of methoxy groups -OCH3 is 1. The maximum atomic E-state index is 12.1. The molecule has 16 heteroatoms. The number of carbonyl (C=O) groups excluding carboxylic acids is 4. The van der Waals surface area contributed by atoms with E-state index in [0.717, 1.165) is 54.8 Å². The maximum Gasteiger partial charge on any atom is 0.251 e. The number of hydrogen-bond acceptors (Lipinski definition) is 12. The lowest BCUT2D eigenvalue weighted by atomic mass is 9.74. The van der Waals surface area contributed by atoms with Crippen molar-refractivity contribution >= 4 is 41.2 Å². The molecule has 1 aliphatic heterocycles. The average Bonchev–Trinajstić information content (AvgIpc) is 3.33. The Labute approximate surface area is 420 Å². The molecule has 396 valence electrons. The van der Waals surface area contributed by atoms with E-state index >= 15 is 0 Å². The van der Waals surface area contributed by atoms with Crippen molar-refractivity contribution < 1.29 is 47.6 Å². The first-order valence-corrected chi connectivity index (χ1v) is 25.1. The molecule has 1 aliphatic carbocycles. The van der Waals surface area contributed by atoms with Gasteiger partial charge >= 0.3 is 0 Å². The molecule has 0 spiro atoms. The Balaban J connectivity index is 0.000000681. The van der Waals surface area contributed by atoms with Crippen LogP contribution in [0, 0.1) is 11.8 Å². The Bertz CT molecular complexity index is 1900. The molecule has 4 rings (SSSR count). The number of rotatable bonds is 24. The minimum Gasteiger partial charge on any atom is -0.491 e. The molecule has 70 heavy (non-hydrogen) atoms. The van der Waals surface area contributed by atoms with Crippen LogP contribution in [0.3, 0.4) is 0 Å². The van der Waals surface area contributed by atoms with Gasteiger partial charge in [0.25, 0.3) is 5.91 Å². The molecule has 1 fully saturated rings. The Kier molecular flexibility index (Phi) is 29.2. The molecule has 0 aromatic heterocycles. The van der Waals surface area contributed by atoms with Gasteiger partial charge in [-0.15, -0.1) is 0 Å². The molecule has 2 aliphatic rings. The maximum absolute atomic E-state index is 12.1. The van der Waals surface area contributed by atoms with Gasteiger partial charge in [-0.25, -0.2) is 0 Å². The fourth-order valence-corrected chi connectivity index (χ4v) is 7.39. The van der Waals surface area contributed by atoms with Crippen molar-refractivity contribution in [2.75, 3.05) is 66.1 Å². The monoisotopic (exact) mass is 983 g/mol. The number of anilines is 1. The van der Waals surface area contributed by atoms with Crippen LogP contribution in [-0.2, 0) is 38.1 Å². The summed E-state index contributed by atoms with van der Waals surface area (Å²) in [6, 6.07) is 14.8. The zero-order valence-corrected chi connectivity index (χ0v) is 45.6. The van der Waals surface area contributed by atoms with E-state index in [4.69, 9.17) is 28.4 Å². The average molecular weight is 983 g/mol. The summed E-state index contributed by atoms with van der Waals surface area (Å²) >= 11 is 0. The molecule has 3 unspecified atom stereocenters. The molecular formula is C54H90N6O10. The first-order valence-electron chi connectivity index (χ1n) is 25.1. The molecule has 0 radical (unpaired) electrons. The van der Waals surface area contributed by atoms with E-state index in [1.165, 1.54) is 0 Å². The van der Waals surface area contributed by atoms with Gasteiger partial charge in [0.15, 0.2) is 0 Å². The van der Waals surface area contributed by atoms with Gasteiger partial charge in [0.1, 0.15) is 12.4 Å². The third kappa shape index (κ3) is 24.4. The number of ether oxygens (including phenoxy) is 6. The number of nitrogens with zero attached hydrogens (tertiary/aromatic N) is 2. The summed E-state index contributed by atoms with van der Waals surface area (Å²) in [6.45, 7) is 27.7. The first-order chi connectivity index (χ1) is 33.1. The molecule has 4 amide bonds. The highest BCUT2D eigenvalue weighted by Gasteiger charge is 2.34. The van der Waals surface area contributed by atoms with Crippen LogP contribution < -0.4 is 26.0 Å². The normalized spacial score (nSPS) is 17.0. The minimum atomic E-state index is -0.597. The molecular weight excluding hydrogens is 893 g/mol. The summed E-state index contributed by atoms with van der Waals surface area (Å²) in [6.07, 6.45) is 7.02. The topological polar surface area (TPSA) is 196 Å². The fraction of sp³-hybridized carbons (Fsp3) is 0.667. The molecule has 4 N–H and O–H groups in total. The number of benzene rings is 2. The van der Waals surface area contributed by atoms with Crippen LogP contribution in [0.5, 0.6) is 5.75 Å². The van der Waals surface area contributed by atoms with Crippen LogP contribution in [-0.4, -0.2) is 125 Å². The van der Waals surface area contributed by atoms with Gasteiger partial charge < -0.3 is 49.7 Å². The molecule has 1 heterocycles. The Morgan fingerprint density at radius 2 is 1.24 bits per heavy atom. The second kappa shape index (κ2) is 32.3. The summed E-state index contributed by atoms with van der Waals surface area (Å²) < 4.78 is 35.4. The molecule has 0 bridgehead atoms. The van der Waals surface area contributed by atoms with E-state index in [0.29, 0.717) is 81.6 Å². The summed E-state index contributed by atoms with van der Waals surface area (Å²) in [5.41, 5.74) is 2.28. The largest absolute Gasteiger partial charge is 0.491 e. The van der Waals surface area contributed by atoms with E-state index in [1.807, 2.05) is 102 Å². The van der Waals surface area contributed by atoms with E-state index in [9.17, 15) is 19.2 Å². The third-order valence-corrected chi connectivity index (χ3v) is 11.4. The van der Waals surface area contributed by atoms with Gasteiger partial charge in [-0.3, -0.25) is 19.2 Å². The lowest BCUT2D eigenvalue weighted by Gasteiger charge is -2.34. The van der Waals surface area contributed by atoms with Crippen LogP contribution in [0.15, 0.2) is 58.7 Å². The van der Waals surface area contributed by atoms with E-state index in [1.54, 1.807) is 38.4 Å². The number of hydrogen-bond donors (Lipinski definition) is 4. The highest BCUT2D eigenvalue weighted by molar-refractivity contribution is 6.07. The molecule has 3 atom stereocenters. The Morgan fingerprint density at radius 3 is 1.81 bits per heavy atom. The molecule has 2 aromatic rings. The van der Waals surface area contributed by atoms with Gasteiger partial charge in [-0.05, 0) is 142 Å². The fourth-order valence-electron chi connectivity index (χ4n) is 7.39. The van der Waals surface area contributed by atoms with Crippen LogP contribution in [0.2, 0.25) is 0 Å². The zero-order valence-electron chi connectivity index (χ0n) is 45.6. The quantitative estimate of drug-likeness (QED) is 0.0582. The van der Waals surface area contributed by atoms with Gasteiger partial charge in [0.2, 0.25) is 18.2 Å². The second-order valence-electron chi connectivity index (χ2n) is 19.3. The Morgan fingerprint density at radius 1 is 0.671 bits per heavy atom. The summed E-state index contributed by atoms with van der Waals surface area (Å²) in [4.78, 5) is 45.4. The van der Waals surface area contributed by atoms with E-state index in [-0.39, 0.29) is 24.1 Å². The van der Waals surface area contributed by atoms with E-state index in [2.05, 4.69) is 50.5 Å². The molecule has 0 saturated heterocycles. The van der Waals surface area contributed by atoms with Crippen molar-refractivity contribution in [2.24, 2.45) is 22.0 Å². The highest BCUT2D eigenvalue weighted by atomic mass is 16.6. The van der Waals surface area contributed by atoms with Crippen molar-refractivity contribution in [3.8, 4) is 5.75 Å². The lowest BCUT2D eigenvalue weighted by Crippen LogP contribution is -2.40. The standard InChI is InChI=1S/C30H47N3O5.C20H31N3O5.2C2H6/c1-21-25-16-15-23(35-7)9-8-10-26(25)28(33-32-21)22-11-13-24(14-12-22)36-19-29(2,3)38-20-30(4,5)37-18-17-27(34)31-6;1-19(2,12-17(25)21-5)28-13-20(3,4)27-11-10-22-18(26)15-6-8-16(9-7-15)23-14-24;2*1-2/h11-14,23,25-26H,8-10,15-20H2,1-7H3,(H,31,34);6-9,14H,10-13H2,1-5H3,(H,21,25)(H,22,26)(H,23,24);2*1-2H3. The van der Waals surface area contributed by atoms with Crippen LogP contribution in [0.1, 0.15) is 151 Å². The van der Waals surface area contributed by atoms with Crippen molar-refractivity contribution in [2.45, 2.75) is 163 Å². The Hall–Kier alpha value is -4.74. The van der Waals surface area contributed by atoms with Crippen LogP contribution >= 0.6 is 0 Å². The smallest absolute Gasteiger partial charge is 0.251 e. The van der Waals surface area contributed by atoms with Gasteiger partial charge in [0, 0.05) is 63.0 Å². The molecule has 16 nitrogen and oxygen atoms in total. The summed E-state index contributed by atoms with van der Waals surface area (Å²) in [7, 11) is 5.04. The SMILES string of the molecule is CC.CC.CNC(=O)CC(C)(C)OCC(C)(C)OCCNC(=O)c1ccc(NC=O)cc1.CNC(=O)CCOC(C)(C)COC(C)(C)COc1ccc(C2=NN=C(C)C3CCC(OC)CCCC23)cc1. The van der Waals surface area contributed by atoms with Crippen LogP contribution in [0.4, 0.5) is 5.69 Å². The van der Waals surface area contributed by atoms with Crippen molar-refractivity contribution in [1.29, 1.82) is 0 Å². The van der Waals surface area contributed by atoms with Crippen molar-refractivity contribution in [1.82, 2.24) is 16.0 Å². The van der Waals surface area contributed by atoms with Gasteiger partial charge in [0.05, 0.1) is 67.1 Å². The van der Waals surface area contributed by atoms with Gasteiger partial charge in [-0.1, -0.05) is 34.1 Å². The summed E-state index contributed by atoms with van der Waals surface area (Å²) in [5, 5.41) is 19.7. The number of fused-ring (bicyclic) bond motifs is 1. The second-order valence-corrected chi connectivity index (χ2v) is 19.3. The predicted molar refractivity (Wildman–Crippen MR) is 281 cm³/mol. The minimum absolute atomic E-state index is 0.0374. The predicted octanol–water partition coefficient (Wildman–Crippen LogP) is 8.95. The molecule has 2 aromatic carbocycles. The van der Waals surface area contributed by atoms with Crippen LogP contribution in [0.25, 0.3) is 0 Å². The molecule has 1 saturated carbocycles. The van der Waals surface area contributed by atoms with Crippen molar-refractivity contribution in [3.05, 3.63) is 59.7 Å². The number of carbonyl (C=O) groups is 4. The third-order valence-electron chi connectivity index (χ3n) is 11.4. The highest BCUT2D eigenvalue weighted by Crippen LogP contribution is 2.36. The first kappa shape index (κ1) is 63.3. The van der Waals surface area contributed by atoms with Crippen molar-refractivity contribution in [3.63, 3.8) is 0 Å².